The summed E-state index contributed by atoms with van der Waals surface area (Å²) in [5.74, 6) is 0. The lowest BCUT2D eigenvalue weighted by Crippen LogP contribution is -2.48. The van der Waals surface area contributed by atoms with Gasteiger partial charge >= 0.3 is 12.3 Å². The highest BCUT2D eigenvalue weighted by molar-refractivity contribution is 7.09. The Morgan fingerprint density at radius 2 is 2.00 bits per heavy atom. The molecule has 4 nitrogen and oxygen atoms in total. The van der Waals surface area contributed by atoms with Crippen LogP contribution >= 0.6 is 11.3 Å². The van der Waals surface area contributed by atoms with Crippen LogP contribution in [-0.4, -0.2) is 54.9 Å². The highest BCUT2D eigenvalue weighted by Gasteiger charge is 2.31. The molecule has 1 aromatic heterocycles. The van der Waals surface area contributed by atoms with Crippen LogP contribution in [0.1, 0.15) is 4.88 Å². The number of rotatable bonds is 3. The molecule has 8 heteroatoms. The molecule has 0 atom stereocenters. The van der Waals surface area contributed by atoms with E-state index < -0.39 is 18.9 Å². The minimum atomic E-state index is -4.48. The molecule has 0 spiro atoms. The van der Waals surface area contributed by atoms with Gasteiger partial charge in [0.25, 0.3) is 0 Å². The summed E-state index contributed by atoms with van der Waals surface area (Å²) < 4.78 is 40.1. The Morgan fingerprint density at radius 3 is 2.55 bits per heavy atom. The average molecular weight is 308 g/mol. The van der Waals surface area contributed by atoms with Gasteiger partial charge in [-0.3, -0.25) is 4.90 Å². The second-order valence-corrected chi connectivity index (χ2v) is 5.54. The van der Waals surface area contributed by atoms with E-state index in [1.165, 1.54) is 9.78 Å². The molecule has 1 saturated heterocycles. The first kappa shape index (κ1) is 15.1. The van der Waals surface area contributed by atoms with Gasteiger partial charge in [0.05, 0.1) is 0 Å². The van der Waals surface area contributed by atoms with Crippen LogP contribution in [0.2, 0.25) is 0 Å². The van der Waals surface area contributed by atoms with E-state index in [1.807, 2.05) is 17.5 Å². The van der Waals surface area contributed by atoms with Gasteiger partial charge in [-0.15, -0.1) is 11.3 Å². The molecule has 1 aliphatic heterocycles. The molecule has 2 heterocycles. The Labute approximate surface area is 118 Å². The minimum Gasteiger partial charge on any atom is -0.440 e. The first-order valence-electron chi connectivity index (χ1n) is 6.17. The monoisotopic (exact) mass is 308 g/mol. The van der Waals surface area contributed by atoms with E-state index in [4.69, 9.17) is 0 Å². The molecule has 0 radical (unpaired) electrons. The topological polar surface area (TPSA) is 32.8 Å². The number of carbonyl (C=O) groups is 1. The number of carbonyl (C=O) groups excluding carboxylic acids is 1. The molecular formula is C12H15F3N2O2S. The van der Waals surface area contributed by atoms with Crippen molar-refractivity contribution in [1.82, 2.24) is 9.80 Å². The Balaban J connectivity index is 1.72. The van der Waals surface area contributed by atoms with Crippen LogP contribution in [0, 0.1) is 0 Å². The van der Waals surface area contributed by atoms with E-state index in [0.29, 0.717) is 26.2 Å². The van der Waals surface area contributed by atoms with Gasteiger partial charge in [0.1, 0.15) is 0 Å². The van der Waals surface area contributed by atoms with Crippen LogP contribution in [0.3, 0.4) is 0 Å². The molecule has 2 rings (SSSR count). The van der Waals surface area contributed by atoms with E-state index in [1.54, 1.807) is 11.3 Å². The zero-order valence-corrected chi connectivity index (χ0v) is 11.5. The summed E-state index contributed by atoms with van der Waals surface area (Å²) in [6, 6.07) is 4.01. The van der Waals surface area contributed by atoms with E-state index in [0.717, 1.165) is 6.54 Å². The molecule has 0 aromatic carbocycles. The lowest BCUT2D eigenvalue weighted by atomic mass is 10.3. The maximum Gasteiger partial charge on any atom is 0.422 e. The third-order valence-electron chi connectivity index (χ3n) is 2.95. The van der Waals surface area contributed by atoms with Crippen molar-refractivity contribution in [2.75, 3.05) is 32.8 Å². The molecule has 1 aliphatic rings. The van der Waals surface area contributed by atoms with Gasteiger partial charge in [-0.2, -0.15) is 13.2 Å². The minimum absolute atomic E-state index is 0.391. The summed E-state index contributed by atoms with van der Waals surface area (Å²) in [6.45, 7) is 1.34. The van der Waals surface area contributed by atoms with Gasteiger partial charge in [0.2, 0.25) is 0 Å². The largest absolute Gasteiger partial charge is 0.440 e. The number of alkyl halides is 3. The van der Waals surface area contributed by atoms with Crippen LogP contribution in [0.4, 0.5) is 18.0 Å². The van der Waals surface area contributed by atoms with E-state index in [9.17, 15) is 18.0 Å². The molecule has 0 bridgehead atoms. The highest BCUT2D eigenvalue weighted by atomic mass is 32.1. The molecule has 112 valence electrons. The molecular weight excluding hydrogens is 293 g/mol. The van der Waals surface area contributed by atoms with Crippen LogP contribution in [0.15, 0.2) is 17.5 Å². The molecule has 1 aromatic rings. The van der Waals surface area contributed by atoms with E-state index in [-0.39, 0.29) is 0 Å². The summed E-state index contributed by atoms with van der Waals surface area (Å²) in [5.41, 5.74) is 0. The fourth-order valence-electron chi connectivity index (χ4n) is 1.95. The van der Waals surface area contributed by atoms with Crippen LogP contribution < -0.4 is 0 Å². The van der Waals surface area contributed by atoms with Gasteiger partial charge in [-0.1, -0.05) is 6.07 Å². The van der Waals surface area contributed by atoms with Gasteiger partial charge in [0, 0.05) is 37.6 Å². The quantitative estimate of drug-likeness (QED) is 0.860. The fourth-order valence-corrected chi connectivity index (χ4v) is 2.69. The molecule has 1 amide bonds. The molecule has 0 saturated carbocycles. The second kappa shape index (κ2) is 6.45. The number of thiophene rings is 1. The first-order chi connectivity index (χ1) is 9.44. The summed E-state index contributed by atoms with van der Waals surface area (Å²) in [4.78, 5) is 16.2. The Morgan fingerprint density at radius 1 is 1.30 bits per heavy atom. The van der Waals surface area contributed by atoms with Crippen LogP contribution in [0.5, 0.6) is 0 Å². The zero-order valence-electron chi connectivity index (χ0n) is 10.7. The number of amides is 1. The van der Waals surface area contributed by atoms with E-state index in [2.05, 4.69) is 9.64 Å². The Bertz CT molecular complexity index is 428. The number of halogens is 3. The number of nitrogens with zero attached hydrogens (tertiary/aromatic N) is 2. The van der Waals surface area contributed by atoms with Crippen molar-refractivity contribution in [2.45, 2.75) is 12.7 Å². The van der Waals surface area contributed by atoms with Crippen molar-refractivity contribution in [3.8, 4) is 0 Å². The number of ether oxygens (including phenoxy) is 1. The van der Waals surface area contributed by atoms with E-state index >= 15 is 0 Å². The Hall–Kier alpha value is -1.28. The molecule has 0 N–H and O–H groups in total. The first-order valence-corrected chi connectivity index (χ1v) is 7.05. The lowest BCUT2D eigenvalue weighted by Gasteiger charge is -2.33. The third-order valence-corrected chi connectivity index (χ3v) is 3.81. The van der Waals surface area contributed by atoms with Gasteiger partial charge in [0.15, 0.2) is 6.61 Å². The summed E-state index contributed by atoms with van der Waals surface area (Å²) in [6.07, 6.45) is -5.37. The van der Waals surface area contributed by atoms with Gasteiger partial charge in [-0.25, -0.2) is 4.79 Å². The van der Waals surface area contributed by atoms with Crippen molar-refractivity contribution in [1.29, 1.82) is 0 Å². The fraction of sp³-hybridized carbons (Fsp3) is 0.583. The Kier molecular flexibility index (Phi) is 4.87. The maximum absolute atomic E-state index is 12.0. The smallest absolute Gasteiger partial charge is 0.422 e. The summed E-state index contributed by atoms with van der Waals surface area (Å²) >= 11 is 1.66. The van der Waals surface area contributed by atoms with Crippen molar-refractivity contribution in [3.63, 3.8) is 0 Å². The normalized spacial score (nSPS) is 17.2. The molecule has 0 aliphatic carbocycles. The second-order valence-electron chi connectivity index (χ2n) is 4.51. The third kappa shape index (κ3) is 4.68. The molecule has 0 unspecified atom stereocenters. The number of piperazine rings is 1. The van der Waals surface area contributed by atoms with Crippen molar-refractivity contribution < 1.29 is 22.7 Å². The summed E-state index contributed by atoms with van der Waals surface area (Å²) in [7, 11) is 0. The zero-order chi connectivity index (χ0) is 14.6. The van der Waals surface area contributed by atoms with Gasteiger partial charge in [-0.05, 0) is 11.4 Å². The number of hydrogen-bond donors (Lipinski definition) is 0. The van der Waals surface area contributed by atoms with Crippen LogP contribution in [0.25, 0.3) is 0 Å². The van der Waals surface area contributed by atoms with Gasteiger partial charge < -0.3 is 9.64 Å². The predicted molar refractivity (Wildman–Crippen MR) is 68.6 cm³/mol. The lowest BCUT2D eigenvalue weighted by molar-refractivity contribution is -0.162. The standard InChI is InChI=1S/C12H15F3N2O2S/c13-12(14,15)9-19-11(18)17-5-3-16(4-6-17)8-10-2-1-7-20-10/h1-2,7H,3-6,8-9H2. The molecule has 1 fully saturated rings. The summed E-state index contributed by atoms with van der Waals surface area (Å²) in [5, 5.41) is 2.00. The van der Waals surface area contributed by atoms with Crippen molar-refractivity contribution in [2.24, 2.45) is 0 Å². The number of hydrogen-bond acceptors (Lipinski definition) is 4. The SMILES string of the molecule is O=C(OCC(F)(F)F)N1CCN(Cc2cccs2)CC1. The highest BCUT2D eigenvalue weighted by Crippen LogP contribution is 2.16. The van der Waals surface area contributed by atoms with Crippen LogP contribution in [-0.2, 0) is 11.3 Å². The predicted octanol–water partition coefficient (Wildman–Crippen LogP) is 2.56. The maximum atomic E-state index is 12.0. The molecule has 20 heavy (non-hydrogen) atoms. The van der Waals surface area contributed by atoms with Crippen molar-refractivity contribution in [3.05, 3.63) is 22.4 Å². The average Bonchev–Trinajstić information content (AvgIpc) is 2.89. The van der Waals surface area contributed by atoms with Crippen molar-refractivity contribution >= 4 is 17.4 Å².